The maximum Gasteiger partial charge on any atom is 0.387 e. The molecule has 3 aromatic rings. The molecule has 0 bridgehead atoms. The lowest BCUT2D eigenvalue weighted by atomic mass is 10.1. The summed E-state index contributed by atoms with van der Waals surface area (Å²) < 4.78 is 34.1. The molecule has 138 valence electrons. The smallest absolute Gasteiger partial charge is 0.387 e. The molecule has 1 amide bonds. The Morgan fingerprint density at radius 2 is 2.04 bits per heavy atom. The van der Waals surface area contributed by atoms with E-state index in [0.29, 0.717) is 17.3 Å². The monoisotopic (exact) mass is 388 g/mol. The lowest BCUT2D eigenvalue weighted by Gasteiger charge is -2.05. The number of fused-ring (bicyclic) bond motifs is 1. The van der Waals surface area contributed by atoms with Gasteiger partial charge >= 0.3 is 6.61 Å². The van der Waals surface area contributed by atoms with Crippen molar-refractivity contribution in [1.82, 2.24) is 4.98 Å². The first kappa shape index (κ1) is 17.4. The zero-order valence-corrected chi connectivity index (χ0v) is 14.8. The number of ether oxygens (including phenoxy) is 2. The van der Waals surface area contributed by atoms with Crippen molar-refractivity contribution in [2.75, 3.05) is 11.9 Å². The zero-order chi connectivity index (χ0) is 18.8. The number of alkyl halides is 2. The van der Waals surface area contributed by atoms with Crippen molar-refractivity contribution < 1.29 is 23.0 Å². The zero-order valence-electron chi connectivity index (χ0n) is 13.9. The van der Waals surface area contributed by atoms with E-state index in [1.807, 2.05) is 23.6 Å². The molecular formula is C19H14F2N2O3S. The van der Waals surface area contributed by atoms with Crippen LogP contribution in [0.2, 0.25) is 0 Å². The van der Waals surface area contributed by atoms with Gasteiger partial charge in [0, 0.05) is 22.9 Å². The first-order valence-corrected chi connectivity index (χ1v) is 9.04. The number of carbonyl (C=O) groups is 1. The summed E-state index contributed by atoms with van der Waals surface area (Å²) in [6.45, 7) is -2.21. The molecule has 1 aliphatic heterocycles. The van der Waals surface area contributed by atoms with Crippen LogP contribution in [0.5, 0.6) is 11.5 Å². The number of rotatable bonds is 5. The van der Waals surface area contributed by atoms with Gasteiger partial charge in [0.1, 0.15) is 11.5 Å². The molecule has 2 heterocycles. The number of aromatic nitrogens is 1. The van der Waals surface area contributed by atoms with Crippen LogP contribution >= 0.6 is 11.3 Å². The Morgan fingerprint density at radius 3 is 2.81 bits per heavy atom. The normalized spacial score (nSPS) is 12.6. The minimum absolute atomic E-state index is 0.00123. The largest absolute Gasteiger partial charge is 0.493 e. The van der Waals surface area contributed by atoms with Crippen LogP contribution in [0.25, 0.3) is 11.3 Å². The van der Waals surface area contributed by atoms with E-state index < -0.39 is 6.61 Å². The number of hydrogen-bond acceptors (Lipinski definition) is 5. The highest BCUT2D eigenvalue weighted by molar-refractivity contribution is 7.14. The Morgan fingerprint density at radius 1 is 1.22 bits per heavy atom. The SMILES string of the molecule is O=C(Nc1nc(-c2ccc3c(c2)CCO3)cs1)c1ccc(OC(F)F)cc1. The second-order valence-electron chi connectivity index (χ2n) is 5.82. The number of halogens is 2. The van der Waals surface area contributed by atoms with E-state index in [-0.39, 0.29) is 11.7 Å². The van der Waals surface area contributed by atoms with E-state index >= 15 is 0 Å². The third-order valence-electron chi connectivity index (χ3n) is 4.05. The van der Waals surface area contributed by atoms with Crippen LogP contribution in [0.1, 0.15) is 15.9 Å². The van der Waals surface area contributed by atoms with Gasteiger partial charge in [-0.1, -0.05) is 0 Å². The molecule has 0 aliphatic carbocycles. The van der Waals surface area contributed by atoms with Gasteiger partial charge in [-0.3, -0.25) is 10.1 Å². The minimum atomic E-state index is -2.90. The van der Waals surface area contributed by atoms with Crippen LogP contribution in [0.4, 0.5) is 13.9 Å². The Hall–Kier alpha value is -3.00. The lowest BCUT2D eigenvalue weighted by molar-refractivity contribution is -0.0498. The number of benzene rings is 2. The number of nitrogens with zero attached hydrogens (tertiary/aromatic N) is 1. The molecule has 1 aliphatic rings. The van der Waals surface area contributed by atoms with E-state index in [4.69, 9.17) is 4.74 Å². The molecule has 2 aromatic carbocycles. The fourth-order valence-electron chi connectivity index (χ4n) is 2.77. The second-order valence-corrected chi connectivity index (χ2v) is 6.67. The number of carbonyl (C=O) groups excluding carboxylic acids is 1. The molecule has 0 fully saturated rings. The fourth-order valence-corrected chi connectivity index (χ4v) is 3.48. The first-order valence-electron chi connectivity index (χ1n) is 8.16. The predicted octanol–water partition coefficient (Wildman–Crippen LogP) is 4.60. The molecule has 8 heteroatoms. The van der Waals surface area contributed by atoms with Crippen LogP contribution in [0, 0.1) is 0 Å². The van der Waals surface area contributed by atoms with Crippen molar-refractivity contribution in [3.05, 3.63) is 59.0 Å². The molecule has 27 heavy (non-hydrogen) atoms. The number of thiazole rings is 1. The van der Waals surface area contributed by atoms with Crippen molar-refractivity contribution in [3.8, 4) is 22.8 Å². The third-order valence-corrected chi connectivity index (χ3v) is 4.81. The average Bonchev–Trinajstić information content (AvgIpc) is 3.30. The molecule has 0 atom stereocenters. The summed E-state index contributed by atoms with van der Waals surface area (Å²) in [5, 5.41) is 5.04. The molecule has 4 rings (SSSR count). The molecule has 0 saturated heterocycles. The molecule has 0 spiro atoms. The van der Waals surface area contributed by atoms with E-state index in [1.165, 1.54) is 35.6 Å². The molecule has 1 aromatic heterocycles. The summed E-state index contributed by atoms with van der Waals surface area (Å²) in [4.78, 5) is 16.7. The highest BCUT2D eigenvalue weighted by Gasteiger charge is 2.15. The van der Waals surface area contributed by atoms with E-state index in [9.17, 15) is 13.6 Å². The predicted molar refractivity (Wildman–Crippen MR) is 97.8 cm³/mol. The van der Waals surface area contributed by atoms with Gasteiger partial charge in [-0.15, -0.1) is 11.3 Å². The van der Waals surface area contributed by atoms with Crippen molar-refractivity contribution in [1.29, 1.82) is 0 Å². The van der Waals surface area contributed by atoms with Crippen LogP contribution in [0.15, 0.2) is 47.8 Å². The van der Waals surface area contributed by atoms with Gasteiger partial charge in [0.2, 0.25) is 0 Å². The maximum absolute atomic E-state index is 12.3. The van der Waals surface area contributed by atoms with Crippen molar-refractivity contribution in [2.24, 2.45) is 0 Å². The third kappa shape index (κ3) is 3.90. The molecule has 0 saturated carbocycles. The molecule has 0 unspecified atom stereocenters. The van der Waals surface area contributed by atoms with E-state index in [2.05, 4.69) is 15.0 Å². The highest BCUT2D eigenvalue weighted by atomic mass is 32.1. The Bertz CT molecular complexity index is 973. The molecule has 5 nitrogen and oxygen atoms in total. The molecular weight excluding hydrogens is 374 g/mol. The lowest BCUT2D eigenvalue weighted by Crippen LogP contribution is -2.11. The minimum Gasteiger partial charge on any atom is -0.493 e. The summed E-state index contributed by atoms with van der Waals surface area (Å²) in [6.07, 6.45) is 0.877. The Balaban J connectivity index is 1.45. The number of nitrogens with one attached hydrogen (secondary N) is 1. The topological polar surface area (TPSA) is 60.5 Å². The van der Waals surface area contributed by atoms with Gasteiger partial charge in [0.05, 0.1) is 12.3 Å². The second kappa shape index (κ2) is 7.32. The van der Waals surface area contributed by atoms with Gasteiger partial charge in [0.15, 0.2) is 5.13 Å². The summed E-state index contributed by atoms with van der Waals surface area (Å²) in [5.74, 6) is 0.530. The highest BCUT2D eigenvalue weighted by Crippen LogP contribution is 2.32. The van der Waals surface area contributed by atoms with Gasteiger partial charge < -0.3 is 9.47 Å². The summed E-state index contributed by atoms with van der Waals surface area (Å²) >= 11 is 1.31. The van der Waals surface area contributed by atoms with Crippen molar-refractivity contribution in [2.45, 2.75) is 13.0 Å². The Labute approximate surface area is 157 Å². The number of amides is 1. The van der Waals surface area contributed by atoms with Crippen LogP contribution in [-0.2, 0) is 6.42 Å². The average molecular weight is 388 g/mol. The van der Waals surface area contributed by atoms with Crippen molar-refractivity contribution >= 4 is 22.4 Å². The summed E-state index contributed by atoms with van der Waals surface area (Å²) in [5.41, 5.74) is 3.20. The molecule has 1 N–H and O–H groups in total. The van der Waals surface area contributed by atoms with Gasteiger partial charge in [-0.2, -0.15) is 8.78 Å². The number of hydrogen-bond donors (Lipinski definition) is 1. The quantitative estimate of drug-likeness (QED) is 0.694. The van der Waals surface area contributed by atoms with Gasteiger partial charge in [-0.05, 0) is 48.0 Å². The Kier molecular flexibility index (Phi) is 4.72. The standard InChI is InChI=1S/C19H14F2N2O3S/c20-18(21)26-14-4-1-11(2-5-14)17(24)23-19-22-15(10-27-19)12-3-6-16-13(9-12)7-8-25-16/h1-6,9-10,18H,7-8H2,(H,22,23,24). The van der Waals surface area contributed by atoms with Crippen LogP contribution in [-0.4, -0.2) is 24.1 Å². The molecule has 0 radical (unpaired) electrons. The van der Waals surface area contributed by atoms with E-state index in [1.54, 1.807) is 0 Å². The van der Waals surface area contributed by atoms with Gasteiger partial charge in [-0.25, -0.2) is 4.98 Å². The van der Waals surface area contributed by atoms with E-state index in [0.717, 1.165) is 29.0 Å². The maximum atomic E-state index is 12.3. The fraction of sp³-hybridized carbons (Fsp3) is 0.158. The van der Waals surface area contributed by atoms with Gasteiger partial charge in [0.25, 0.3) is 5.91 Å². The van der Waals surface area contributed by atoms with Crippen LogP contribution < -0.4 is 14.8 Å². The first-order chi connectivity index (χ1) is 13.1. The summed E-state index contributed by atoms with van der Waals surface area (Å²) in [7, 11) is 0. The number of anilines is 1. The van der Waals surface area contributed by atoms with Crippen molar-refractivity contribution in [3.63, 3.8) is 0 Å². The van der Waals surface area contributed by atoms with Crippen LogP contribution in [0.3, 0.4) is 0 Å². The summed E-state index contributed by atoms with van der Waals surface area (Å²) in [6, 6.07) is 11.4.